The van der Waals surface area contributed by atoms with Crippen LogP contribution in [0.15, 0.2) is 91.0 Å². The summed E-state index contributed by atoms with van der Waals surface area (Å²) in [5.41, 5.74) is 0. The molecule has 3 aromatic rings. The van der Waals surface area contributed by atoms with E-state index in [1.165, 1.54) is 10.7 Å². The summed E-state index contributed by atoms with van der Waals surface area (Å²) < 4.78 is 4.59. The Kier molecular flexibility index (Phi) is 8.92. The van der Waals surface area contributed by atoms with Gasteiger partial charge in [0.25, 0.3) is 0 Å². The zero-order valence-electron chi connectivity index (χ0n) is 12.5. The second kappa shape index (κ2) is 10.7. The number of halogens is 1. The van der Waals surface area contributed by atoms with E-state index in [9.17, 15) is 0 Å². The van der Waals surface area contributed by atoms with Crippen molar-refractivity contribution in [3.05, 3.63) is 91.0 Å². The molecule has 0 aliphatic rings. The third-order valence-electron chi connectivity index (χ3n) is 3.19. The van der Waals surface area contributed by atoms with Crippen LogP contribution in [0.2, 0.25) is 4.94 Å². The van der Waals surface area contributed by atoms with Gasteiger partial charge in [-0.2, -0.15) is 0 Å². The molecule has 0 nitrogen and oxygen atoms in total. The van der Waals surface area contributed by atoms with E-state index in [-0.39, 0.29) is 17.2 Å². The number of benzene rings is 3. The van der Waals surface area contributed by atoms with Crippen molar-refractivity contribution in [2.45, 2.75) is 4.94 Å². The summed E-state index contributed by atoms with van der Waals surface area (Å²) >= 11 is 0.677. The van der Waals surface area contributed by atoms with Crippen LogP contribution in [0.3, 0.4) is 0 Å². The molecule has 0 saturated heterocycles. The summed E-state index contributed by atoms with van der Waals surface area (Å²) in [5.74, 6) is 0. The maximum absolute atomic E-state index is 2.46. The van der Waals surface area contributed by atoms with Crippen LogP contribution in [-0.2, 0) is 0 Å². The van der Waals surface area contributed by atoms with Gasteiger partial charge >= 0.3 is 162 Å². The van der Waals surface area contributed by atoms with E-state index in [0.29, 0.717) is 0 Å². The molecule has 0 bridgehead atoms. The van der Waals surface area contributed by atoms with Gasteiger partial charge in [-0.05, 0) is 0 Å². The average Bonchev–Trinajstić information content (AvgIpc) is 2.59. The van der Waals surface area contributed by atoms with Crippen molar-refractivity contribution in [1.29, 1.82) is 0 Å². The molecule has 3 rings (SSSR count). The van der Waals surface area contributed by atoms with Crippen molar-refractivity contribution < 1.29 is 0 Å². The Morgan fingerprint density at radius 3 is 1.05 bits per heavy atom. The van der Waals surface area contributed by atoms with Crippen molar-refractivity contribution in [2.75, 3.05) is 0 Å². The van der Waals surface area contributed by atoms with E-state index in [1.54, 1.807) is 0 Å². The molecular weight excluding hydrogens is 593 g/mol. The predicted molar refractivity (Wildman–Crippen MR) is 110 cm³/mol. The molecular formula is C19H18ISn2. The van der Waals surface area contributed by atoms with Crippen LogP contribution in [0.4, 0.5) is 0 Å². The zero-order chi connectivity index (χ0) is 15.6. The minimum absolute atomic E-state index is 0.200. The molecule has 3 aromatic carbocycles. The summed E-state index contributed by atoms with van der Waals surface area (Å²) in [6.45, 7) is 0. The minimum atomic E-state index is -1.98. The van der Waals surface area contributed by atoms with Crippen LogP contribution in [0.25, 0.3) is 0 Å². The van der Waals surface area contributed by atoms with Gasteiger partial charge < -0.3 is 0 Å². The molecule has 0 unspecified atom stereocenters. The van der Waals surface area contributed by atoms with Crippen LogP contribution >= 0.6 is 18.6 Å². The molecule has 0 aromatic heterocycles. The Labute approximate surface area is 160 Å². The fraction of sp³-hybridized carbons (Fsp3) is 0.0526. The molecule has 0 spiro atoms. The summed E-state index contributed by atoms with van der Waals surface area (Å²) in [7, 11) is 0. The molecule has 3 radical (unpaired) electrons. The van der Waals surface area contributed by atoms with Crippen molar-refractivity contribution in [2.24, 2.45) is 0 Å². The Hall–Kier alpha value is -0.0126. The zero-order valence-corrected chi connectivity index (χ0v) is 20.4. The fourth-order valence-corrected chi connectivity index (χ4v) is 9.67. The van der Waals surface area contributed by atoms with Crippen LogP contribution in [-0.4, -0.2) is 36.9 Å². The van der Waals surface area contributed by atoms with E-state index in [1.807, 2.05) is 0 Å². The number of hydrogen-bond donors (Lipinski definition) is 0. The third-order valence-corrected chi connectivity index (χ3v) is 11.0. The summed E-state index contributed by atoms with van der Waals surface area (Å²) in [6.07, 6.45) is 0. The first-order valence-corrected chi connectivity index (χ1v) is 22.6. The molecule has 3 heteroatoms. The van der Waals surface area contributed by atoms with Gasteiger partial charge in [-0.3, -0.25) is 0 Å². The van der Waals surface area contributed by atoms with Crippen LogP contribution in [0.1, 0.15) is 0 Å². The first kappa shape index (κ1) is 18.3. The SMILES string of the molecule is [CH3][Sn][I].c1cc[c]([Sn]([c]2ccccc2)[c]2ccccc2)cc1. The van der Waals surface area contributed by atoms with Crippen LogP contribution in [0.5, 0.6) is 0 Å². The second-order valence-electron chi connectivity index (χ2n) is 4.66. The Morgan fingerprint density at radius 2 is 0.818 bits per heavy atom. The molecule has 0 aliphatic heterocycles. The quantitative estimate of drug-likeness (QED) is 0.316. The third kappa shape index (κ3) is 5.56. The van der Waals surface area contributed by atoms with Gasteiger partial charge in [-0.25, -0.2) is 0 Å². The van der Waals surface area contributed by atoms with Gasteiger partial charge in [0.2, 0.25) is 0 Å². The molecule has 22 heavy (non-hydrogen) atoms. The molecule has 0 aliphatic carbocycles. The van der Waals surface area contributed by atoms with E-state index >= 15 is 0 Å². The topological polar surface area (TPSA) is 0 Å². The van der Waals surface area contributed by atoms with Gasteiger partial charge in [-0.1, -0.05) is 0 Å². The van der Waals surface area contributed by atoms with Crippen molar-refractivity contribution in [1.82, 2.24) is 0 Å². The molecule has 0 N–H and O–H groups in total. The predicted octanol–water partition coefficient (Wildman–Crippen LogP) is 3.29. The van der Waals surface area contributed by atoms with Crippen molar-refractivity contribution in [3.8, 4) is 0 Å². The first-order valence-electron chi connectivity index (χ1n) is 7.17. The van der Waals surface area contributed by atoms with Crippen LogP contribution in [0, 0.1) is 0 Å². The first-order chi connectivity index (χ1) is 10.9. The summed E-state index contributed by atoms with van der Waals surface area (Å²) in [6, 6.07) is 32.9. The normalized spacial score (nSPS) is 9.95. The average molecular weight is 611 g/mol. The molecule has 0 fully saturated rings. The van der Waals surface area contributed by atoms with E-state index in [0.717, 1.165) is 0 Å². The van der Waals surface area contributed by atoms with Crippen molar-refractivity contribution >= 4 is 66.3 Å². The van der Waals surface area contributed by atoms with Gasteiger partial charge in [0.1, 0.15) is 0 Å². The van der Waals surface area contributed by atoms with Crippen LogP contribution < -0.4 is 10.7 Å². The fourth-order valence-electron chi connectivity index (χ4n) is 2.31. The molecule has 0 atom stereocenters. The monoisotopic (exact) mass is 613 g/mol. The standard InChI is InChI=1S/3C6H5.CH3.HI.2Sn/c3*1-2-4-6-5-3-1;;;;/h3*1-5H;1H3;1H;;/q;;;;;;+1/p-1. The Bertz CT molecular complexity index is 548. The van der Waals surface area contributed by atoms with Crippen molar-refractivity contribution in [3.63, 3.8) is 0 Å². The molecule has 0 amide bonds. The summed E-state index contributed by atoms with van der Waals surface area (Å²) in [5, 5.41) is 0. The van der Waals surface area contributed by atoms with Gasteiger partial charge in [0.15, 0.2) is 0 Å². The molecule has 0 saturated carbocycles. The number of hydrogen-bond acceptors (Lipinski definition) is 0. The second-order valence-corrected chi connectivity index (χ2v) is 20.1. The maximum atomic E-state index is 2.46. The molecule has 109 valence electrons. The number of rotatable bonds is 3. The summed E-state index contributed by atoms with van der Waals surface area (Å²) in [4.78, 5) is 2.28. The van der Waals surface area contributed by atoms with E-state index < -0.39 is 19.8 Å². The van der Waals surface area contributed by atoms with Gasteiger partial charge in [0.05, 0.1) is 0 Å². The molecule has 0 heterocycles. The van der Waals surface area contributed by atoms with Gasteiger partial charge in [-0.15, -0.1) is 0 Å². The van der Waals surface area contributed by atoms with Gasteiger partial charge in [0, 0.05) is 0 Å². The van der Waals surface area contributed by atoms with E-state index in [4.69, 9.17) is 0 Å². The Morgan fingerprint density at radius 1 is 0.591 bits per heavy atom. The Balaban J connectivity index is 0.000000545. The van der Waals surface area contributed by atoms with E-state index in [2.05, 4.69) is 115 Å².